The molecule has 0 fully saturated rings. The van der Waals surface area contributed by atoms with Gasteiger partial charge in [0.15, 0.2) is 0 Å². The highest BCUT2D eigenvalue weighted by Crippen LogP contribution is 2.15. The van der Waals surface area contributed by atoms with Gasteiger partial charge in [-0.15, -0.1) is 0 Å². The lowest BCUT2D eigenvalue weighted by Crippen LogP contribution is -2.02. The summed E-state index contributed by atoms with van der Waals surface area (Å²) in [6, 6.07) is 4.17. The fourth-order valence-electron chi connectivity index (χ4n) is 1.30. The molecule has 1 rings (SSSR count). The maximum Gasteiger partial charge on any atom is 0.0270 e. The standard InChI is InChI=1S/C11H16BrN/c1-2-3-4-11(12)9-10-5-7-13-8-6-10/h5-8,11H,2-4,9H2,1H3. The van der Waals surface area contributed by atoms with E-state index in [0.29, 0.717) is 4.83 Å². The van der Waals surface area contributed by atoms with Gasteiger partial charge in [-0.1, -0.05) is 35.7 Å². The SMILES string of the molecule is CCCCC(Br)Cc1ccncc1. The van der Waals surface area contributed by atoms with Crippen LogP contribution >= 0.6 is 15.9 Å². The lowest BCUT2D eigenvalue weighted by atomic mass is 10.1. The zero-order valence-electron chi connectivity index (χ0n) is 8.04. The average molecular weight is 242 g/mol. The number of halogens is 1. The van der Waals surface area contributed by atoms with Crippen LogP contribution in [0, 0.1) is 0 Å². The van der Waals surface area contributed by atoms with E-state index in [1.54, 1.807) is 0 Å². The number of rotatable bonds is 5. The summed E-state index contributed by atoms with van der Waals surface area (Å²) in [4.78, 5) is 4.62. The molecule has 2 heteroatoms. The van der Waals surface area contributed by atoms with Gasteiger partial charge < -0.3 is 0 Å². The molecule has 0 N–H and O–H groups in total. The van der Waals surface area contributed by atoms with Crippen molar-refractivity contribution in [2.45, 2.75) is 37.4 Å². The molecule has 1 aromatic rings. The molecule has 0 spiro atoms. The molecule has 0 aromatic carbocycles. The van der Waals surface area contributed by atoms with Crippen LogP contribution in [0.15, 0.2) is 24.5 Å². The molecule has 0 saturated heterocycles. The Labute approximate surface area is 88.7 Å². The normalized spacial score (nSPS) is 12.8. The lowest BCUT2D eigenvalue weighted by Gasteiger charge is -2.08. The minimum atomic E-state index is 0.620. The Morgan fingerprint density at radius 2 is 2.08 bits per heavy atom. The smallest absolute Gasteiger partial charge is 0.0270 e. The Kier molecular flexibility index (Phi) is 5.06. The third-order valence-electron chi connectivity index (χ3n) is 2.08. The topological polar surface area (TPSA) is 12.9 Å². The Morgan fingerprint density at radius 1 is 1.38 bits per heavy atom. The second-order valence-electron chi connectivity index (χ2n) is 3.30. The van der Waals surface area contributed by atoms with E-state index < -0.39 is 0 Å². The zero-order chi connectivity index (χ0) is 9.52. The van der Waals surface area contributed by atoms with E-state index in [-0.39, 0.29) is 0 Å². The molecule has 0 aliphatic carbocycles. The number of aromatic nitrogens is 1. The van der Waals surface area contributed by atoms with Crippen molar-refractivity contribution in [3.05, 3.63) is 30.1 Å². The Bertz CT molecular complexity index is 223. The van der Waals surface area contributed by atoms with E-state index in [0.717, 1.165) is 6.42 Å². The maximum atomic E-state index is 4.00. The second kappa shape index (κ2) is 6.14. The molecule has 0 radical (unpaired) electrons. The van der Waals surface area contributed by atoms with Crippen molar-refractivity contribution in [3.8, 4) is 0 Å². The molecule has 0 amide bonds. The molecule has 13 heavy (non-hydrogen) atoms. The zero-order valence-corrected chi connectivity index (χ0v) is 9.63. The Balaban J connectivity index is 2.32. The molecule has 1 heterocycles. The molecular formula is C11H16BrN. The minimum absolute atomic E-state index is 0.620. The number of hydrogen-bond donors (Lipinski definition) is 0. The summed E-state index contributed by atoms with van der Waals surface area (Å²) in [5.41, 5.74) is 1.37. The van der Waals surface area contributed by atoms with E-state index >= 15 is 0 Å². The molecule has 0 saturated carbocycles. The van der Waals surface area contributed by atoms with Crippen LogP contribution in [-0.2, 0) is 6.42 Å². The van der Waals surface area contributed by atoms with E-state index in [4.69, 9.17) is 0 Å². The predicted octanol–water partition coefficient (Wildman–Crippen LogP) is 3.58. The van der Waals surface area contributed by atoms with Crippen LogP contribution in [0.1, 0.15) is 31.7 Å². The van der Waals surface area contributed by atoms with Gasteiger partial charge in [0.1, 0.15) is 0 Å². The van der Waals surface area contributed by atoms with Crippen LogP contribution in [0.4, 0.5) is 0 Å². The maximum absolute atomic E-state index is 4.00. The van der Waals surface area contributed by atoms with Crippen molar-refractivity contribution >= 4 is 15.9 Å². The van der Waals surface area contributed by atoms with E-state index in [9.17, 15) is 0 Å². The van der Waals surface area contributed by atoms with Gasteiger partial charge >= 0.3 is 0 Å². The van der Waals surface area contributed by atoms with Crippen molar-refractivity contribution in [1.82, 2.24) is 4.98 Å². The van der Waals surface area contributed by atoms with E-state index in [1.807, 2.05) is 12.4 Å². The third kappa shape index (κ3) is 4.41. The molecule has 0 aliphatic rings. The summed E-state index contributed by atoms with van der Waals surface area (Å²) in [5.74, 6) is 0. The van der Waals surface area contributed by atoms with Crippen LogP contribution in [0.5, 0.6) is 0 Å². The monoisotopic (exact) mass is 241 g/mol. The predicted molar refractivity (Wildman–Crippen MR) is 60.2 cm³/mol. The summed E-state index contributed by atoms with van der Waals surface area (Å²) >= 11 is 3.70. The van der Waals surface area contributed by atoms with Gasteiger partial charge in [0.2, 0.25) is 0 Å². The fraction of sp³-hybridized carbons (Fsp3) is 0.545. The van der Waals surface area contributed by atoms with E-state index in [1.165, 1.54) is 24.8 Å². The molecule has 72 valence electrons. The first-order valence-corrected chi connectivity index (χ1v) is 5.77. The van der Waals surface area contributed by atoms with Crippen molar-refractivity contribution in [1.29, 1.82) is 0 Å². The highest BCUT2D eigenvalue weighted by molar-refractivity contribution is 9.09. The minimum Gasteiger partial charge on any atom is -0.265 e. The van der Waals surface area contributed by atoms with Crippen molar-refractivity contribution in [3.63, 3.8) is 0 Å². The van der Waals surface area contributed by atoms with Crippen molar-refractivity contribution in [2.75, 3.05) is 0 Å². The Morgan fingerprint density at radius 3 is 2.69 bits per heavy atom. The number of nitrogens with zero attached hydrogens (tertiary/aromatic N) is 1. The van der Waals surface area contributed by atoms with E-state index in [2.05, 4.69) is 40.0 Å². The van der Waals surface area contributed by atoms with Gasteiger partial charge in [0, 0.05) is 17.2 Å². The molecule has 1 unspecified atom stereocenters. The van der Waals surface area contributed by atoms with Gasteiger partial charge in [-0.2, -0.15) is 0 Å². The van der Waals surface area contributed by atoms with Crippen molar-refractivity contribution in [2.24, 2.45) is 0 Å². The van der Waals surface area contributed by atoms with Crippen molar-refractivity contribution < 1.29 is 0 Å². The molecular weight excluding hydrogens is 226 g/mol. The number of alkyl halides is 1. The van der Waals surface area contributed by atoms with Gasteiger partial charge in [-0.3, -0.25) is 4.98 Å². The largest absolute Gasteiger partial charge is 0.265 e. The summed E-state index contributed by atoms with van der Waals surface area (Å²) in [6.07, 6.45) is 8.67. The molecule has 0 aliphatic heterocycles. The Hall–Kier alpha value is -0.370. The first kappa shape index (κ1) is 10.7. The quantitative estimate of drug-likeness (QED) is 0.719. The number of hydrogen-bond acceptors (Lipinski definition) is 1. The number of unbranched alkanes of at least 4 members (excludes halogenated alkanes) is 1. The average Bonchev–Trinajstić information content (AvgIpc) is 2.16. The van der Waals surface area contributed by atoms with Gasteiger partial charge in [-0.25, -0.2) is 0 Å². The van der Waals surface area contributed by atoms with Crippen LogP contribution in [0.3, 0.4) is 0 Å². The molecule has 1 aromatic heterocycles. The summed E-state index contributed by atoms with van der Waals surface area (Å²) in [5, 5.41) is 0. The van der Waals surface area contributed by atoms with Crippen LogP contribution < -0.4 is 0 Å². The first-order valence-electron chi connectivity index (χ1n) is 4.86. The van der Waals surface area contributed by atoms with Crippen LogP contribution in [0.2, 0.25) is 0 Å². The van der Waals surface area contributed by atoms with Gasteiger partial charge in [0.05, 0.1) is 0 Å². The summed E-state index contributed by atoms with van der Waals surface area (Å²) in [7, 11) is 0. The highest BCUT2D eigenvalue weighted by Gasteiger charge is 2.03. The summed E-state index contributed by atoms with van der Waals surface area (Å²) in [6.45, 7) is 2.23. The summed E-state index contributed by atoms with van der Waals surface area (Å²) < 4.78 is 0. The lowest BCUT2D eigenvalue weighted by molar-refractivity contribution is 0.687. The third-order valence-corrected chi connectivity index (χ3v) is 2.86. The molecule has 1 nitrogen and oxygen atoms in total. The van der Waals surface area contributed by atoms with Crippen LogP contribution in [0.25, 0.3) is 0 Å². The fourth-order valence-corrected chi connectivity index (χ4v) is 2.00. The highest BCUT2D eigenvalue weighted by atomic mass is 79.9. The van der Waals surface area contributed by atoms with Crippen LogP contribution in [-0.4, -0.2) is 9.81 Å². The van der Waals surface area contributed by atoms with Gasteiger partial charge in [-0.05, 0) is 30.5 Å². The molecule has 0 bridgehead atoms. The number of pyridine rings is 1. The first-order chi connectivity index (χ1) is 6.33. The van der Waals surface area contributed by atoms with Gasteiger partial charge in [0.25, 0.3) is 0 Å². The second-order valence-corrected chi connectivity index (χ2v) is 4.59. The molecule has 1 atom stereocenters.